The van der Waals surface area contributed by atoms with Crippen molar-refractivity contribution in [2.45, 2.75) is 45.6 Å². The Labute approximate surface area is 154 Å². The van der Waals surface area contributed by atoms with E-state index in [2.05, 4.69) is 22.3 Å². The third kappa shape index (κ3) is 2.64. The Kier molecular flexibility index (Phi) is 4.29. The number of carbonyl (C=O) groups is 2. The van der Waals surface area contributed by atoms with Crippen LogP contribution in [0.3, 0.4) is 0 Å². The molecule has 26 heavy (non-hydrogen) atoms. The second-order valence-electron chi connectivity index (χ2n) is 8.11. The molecule has 0 unspecified atom stereocenters. The maximum Gasteiger partial charge on any atom is 0.259 e. The molecule has 0 saturated carbocycles. The second-order valence-corrected chi connectivity index (χ2v) is 8.11. The number of piperidine rings is 1. The van der Waals surface area contributed by atoms with E-state index in [1.54, 1.807) is 13.8 Å². The van der Waals surface area contributed by atoms with Crippen LogP contribution in [0.1, 0.15) is 48.0 Å². The van der Waals surface area contributed by atoms with E-state index in [0.717, 1.165) is 38.9 Å². The summed E-state index contributed by atoms with van der Waals surface area (Å²) in [6.45, 7) is 10.0. The topological polar surface area (TPSA) is 78.7 Å². The van der Waals surface area contributed by atoms with Crippen LogP contribution in [-0.2, 0) is 4.79 Å². The summed E-state index contributed by atoms with van der Waals surface area (Å²) in [7, 11) is 0. The molecule has 0 aliphatic carbocycles. The van der Waals surface area contributed by atoms with Crippen molar-refractivity contribution in [2.24, 2.45) is 11.8 Å². The van der Waals surface area contributed by atoms with Gasteiger partial charge in [-0.1, -0.05) is 12.1 Å². The fourth-order valence-electron chi connectivity index (χ4n) is 5.19. The van der Waals surface area contributed by atoms with E-state index in [4.69, 9.17) is 4.52 Å². The molecule has 3 aliphatic heterocycles. The van der Waals surface area contributed by atoms with E-state index in [0.29, 0.717) is 36.0 Å². The van der Waals surface area contributed by atoms with Crippen molar-refractivity contribution in [3.05, 3.63) is 17.0 Å². The summed E-state index contributed by atoms with van der Waals surface area (Å²) in [5.74, 6) is 1.27. The van der Waals surface area contributed by atoms with Gasteiger partial charge in [-0.25, -0.2) is 0 Å². The van der Waals surface area contributed by atoms with Gasteiger partial charge in [0.2, 0.25) is 5.91 Å². The Morgan fingerprint density at radius 2 is 2.04 bits per heavy atom. The molecular formula is C19H28N4O3. The van der Waals surface area contributed by atoms with Gasteiger partial charge in [-0.2, -0.15) is 0 Å². The molecule has 0 aromatic carbocycles. The first-order valence-corrected chi connectivity index (χ1v) is 9.71. The molecule has 142 valence electrons. The molecule has 1 aromatic heterocycles. The summed E-state index contributed by atoms with van der Waals surface area (Å²) >= 11 is 0. The van der Waals surface area contributed by atoms with Gasteiger partial charge in [-0.15, -0.1) is 0 Å². The van der Waals surface area contributed by atoms with E-state index in [9.17, 15) is 9.59 Å². The Bertz CT molecular complexity index is 701. The van der Waals surface area contributed by atoms with Crippen LogP contribution in [0.2, 0.25) is 0 Å². The molecule has 1 aromatic rings. The highest BCUT2D eigenvalue weighted by Gasteiger charge is 2.57. The molecule has 2 amide bonds. The Morgan fingerprint density at radius 3 is 2.65 bits per heavy atom. The van der Waals surface area contributed by atoms with Crippen molar-refractivity contribution in [1.29, 1.82) is 0 Å². The summed E-state index contributed by atoms with van der Waals surface area (Å²) < 4.78 is 5.15. The van der Waals surface area contributed by atoms with Crippen molar-refractivity contribution in [3.8, 4) is 0 Å². The van der Waals surface area contributed by atoms with Gasteiger partial charge < -0.3 is 19.6 Å². The third-order valence-corrected chi connectivity index (χ3v) is 6.54. The predicted molar refractivity (Wildman–Crippen MR) is 95.7 cm³/mol. The lowest BCUT2D eigenvalue weighted by Gasteiger charge is -2.42. The van der Waals surface area contributed by atoms with Crippen LogP contribution in [-0.4, -0.2) is 65.0 Å². The number of hydrogen-bond acceptors (Lipinski definition) is 5. The SMILES string of the molecule is CCCN1C[C@H]2C(=O)NC3(CCN(C(=O)c4c(C)noc4C)CC3)[C@H]2C1. The number of nitrogens with zero attached hydrogens (tertiary/aromatic N) is 3. The van der Waals surface area contributed by atoms with Crippen LogP contribution in [0.5, 0.6) is 0 Å². The molecule has 7 heteroatoms. The van der Waals surface area contributed by atoms with E-state index in [-0.39, 0.29) is 23.3 Å². The number of hydrogen-bond donors (Lipinski definition) is 1. The fraction of sp³-hybridized carbons (Fsp3) is 0.737. The van der Waals surface area contributed by atoms with Gasteiger partial charge in [0, 0.05) is 37.6 Å². The zero-order valence-electron chi connectivity index (χ0n) is 15.9. The Hall–Kier alpha value is -1.89. The van der Waals surface area contributed by atoms with Crippen LogP contribution in [0.4, 0.5) is 0 Å². The largest absolute Gasteiger partial charge is 0.361 e. The summed E-state index contributed by atoms with van der Waals surface area (Å²) in [6.07, 6.45) is 2.78. The molecule has 3 aliphatic rings. The lowest BCUT2D eigenvalue weighted by atomic mass is 9.75. The molecule has 2 atom stereocenters. The fourth-order valence-corrected chi connectivity index (χ4v) is 5.19. The molecular weight excluding hydrogens is 332 g/mol. The summed E-state index contributed by atoms with van der Waals surface area (Å²) in [5, 5.41) is 7.21. The lowest BCUT2D eigenvalue weighted by molar-refractivity contribution is -0.123. The first-order valence-electron chi connectivity index (χ1n) is 9.71. The highest BCUT2D eigenvalue weighted by molar-refractivity contribution is 5.96. The van der Waals surface area contributed by atoms with E-state index < -0.39 is 0 Å². The third-order valence-electron chi connectivity index (χ3n) is 6.54. The molecule has 7 nitrogen and oxygen atoms in total. The van der Waals surface area contributed by atoms with Crippen molar-refractivity contribution in [1.82, 2.24) is 20.3 Å². The van der Waals surface area contributed by atoms with Crippen molar-refractivity contribution in [3.63, 3.8) is 0 Å². The van der Waals surface area contributed by atoms with Crippen molar-refractivity contribution < 1.29 is 14.1 Å². The summed E-state index contributed by atoms with van der Waals surface area (Å²) in [5.41, 5.74) is 1.09. The van der Waals surface area contributed by atoms with Crippen LogP contribution in [0.15, 0.2) is 4.52 Å². The van der Waals surface area contributed by atoms with Crippen molar-refractivity contribution in [2.75, 3.05) is 32.7 Å². The van der Waals surface area contributed by atoms with Crippen LogP contribution < -0.4 is 5.32 Å². The summed E-state index contributed by atoms with van der Waals surface area (Å²) in [6, 6.07) is 0. The minimum atomic E-state index is -0.139. The standard InChI is InChI=1S/C19H28N4O3/c1-4-7-22-10-14-15(11-22)19(20-17(14)24)5-8-23(9-6-19)18(25)16-12(2)21-26-13(16)3/h14-15H,4-11H2,1-3H3,(H,20,24)/t14-,15+/m1/s1. The zero-order valence-corrected chi connectivity index (χ0v) is 15.9. The number of likely N-dealkylation sites (tertiary alicyclic amines) is 2. The van der Waals surface area contributed by atoms with Gasteiger partial charge in [-0.05, 0) is 39.7 Å². The molecule has 1 N–H and O–H groups in total. The first-order chi connectivity index (χ1) is 12.4. The number of aryl methyl sites for hydroxylation is 2. The van der Waals surface area contributed by atoms with Gasteiger partial charge in [0.15, 0.2) is 0 Å². The van der Waals surface area contributed by atoms with Gasteiger partial charge in [0.05, 0.1) is 11.6 Å². The molecule has 0 radical (unpaired) electrons. The Morgan fingerprint density at radius 1 is 1.31 bits per heavy atom. The molecule has 4 rings (SSSR count). The van der Waals surface area contributed by atoms with Gasteiger partial charge in [0.25, 0.3) is 5.91 Å². The quantitative estimate of drug-likeness (QED) is 0.880. The number of carbonyl (C=O) groups excluding carboxylic acids is 2. The number of rotatable bonds is 3. The molecule has 4 heterocycles. The maximum atomic E-state index is 12.9. The predicted octanol–water partition coefficient (Wildman–Crippen LogP) is 1.35. The van der Waals surface area contributed by atoms with Gasteiger partial charge in [-0.3, -0.25) is 9.59 Å². The first kappa shape index (κ1) is 17.5. The zero-order chi connectivity index (χ0) is 18.5. The molecule has 0 bridgehead atoms. The van der Waals surface area contributed by atoms with Crippen LogP contribution in [0, 0.1) is 25.7 Å². The minimum absolute atomic E-state index is 0.00370. The van der Waals surface area contributed by atoms with Crippen LogP contribution in [0.25, 0.3) is 0 Å². The Balaban J connectivity index is 1.46. The van der Waals surface area contributed by atoms with E-state index in [1.165, 1.54) is 0 Å². The summed E-state index contributed by atoms with van der Waals surface area (Å²) in [4.78, 5) is 29.7. The minimum Gasteiger partial charge on any atom is -0.361 e. The van der Waals surface area contributed by atoms with E-state index in [1.807, 2.05) is 4.90 Å². The average Bonchev–Trinajstić information content (AvgIpc) is 3.25. The van der Waals surface area contributed by atoms with E-state index >= 15 is 0 Å². The smallest absolute Gasteiger partial charge is 0.259 e. The average molecular weight is 360 g/mol. The van der Waals surface area contributed by atoms with Gasteiger partial charge in [0.1, 0.15) is 11.3 Å². The van der Waals surface area contributed by atoms with Crippen molar-refractivity contribution >= 4 is 11.8 Å². The van der Waals surface area contributed by atoms with Crippen LogP contribution >= 0.6 is 0 Å². The molecule has 3 fully saturated rings. The van der Waals surface area contributed by atoms with Gasteiger partial charge >= 0.3 is 0 Å². The number of amides is 2. The lowest BCUT2D eigenvalue weighted by Crippen LogP contribution is -2.56. The highest BCUT2D eigenvalue weighted by atomic mass is 16.5. The highest BCUT2D eigenvalue weighted by Crippen LogP contribution is 2.44. The monoisotopic (exact) mass is 360 g/mol. The second kappa shape index (κ2) is 6.37. The molecule has 1 spiro atoms. The number of fused-ring (bicyclic) bond motifs is 2. The number of aromatic nitrogens is 1. The maximum absolute atomic E-state index is 12.9. The normalized spacial score (nSPS) is 27.8. The number of nitrogens with one attached hydrogen (secondary N) is 1. The molecule has 3 saturated heterocycles.